The summed E-state index contributed by atoms with van der Waals surface area (Å²) in [4.78, 5) is 23.4. The molecule has 1 fully saturated rings. The molecule has 3 heterocycles. The topological polar surface area (TPSA) is 128 Å². The van der Waals surface area contributed by atoms with Crippen molar-refractivity contribution in [3.8, 4) is 11.5 Å². The van der Waals surface area contributed by atoms with Gasteiger partial charge in [0.2, 0.25) is 15.9 Å². The van der Waals surface area contributed by atoms with Gasteiger partial charge in [-0.05, 0) is 38.3 Å². The number of sulfonamides is 1. The van der Waals surface area contributed by atoms with Crippen molar-refractivity contribution < 1.29 is 22.7 Å². The van der Waals surface area contributed by atoms with Crippen LogP contribution < -0.4 is 5.32 Å². The van der Waals surface area contributed by atoms with Crippen LogP contribution in [0.5, 0.6) is 0 Å². The summed E-state index contributed by atoms with van der Waals surface area (Å²) in [7, 11) is -3.62. The number of pyridine rings is 1. The summed E-state index contributed by atoms with van der Waals surface area (Å²) >= 11 is 6.36. The zero-order chi connectivity index (χ0) is 24.4. The highest BCUT2D eigenvalue weighted by atomic mass is 35.5. The Hall–Kier alpha value is -2.08. The number of halogens is 2. The van der Waals surface area contributed by atoms with E-state index in [1.165, 1.54) is 16.4 Å². The number of hydrogen-bond acceptors (Lipinski definition) is 6. The molecule has 0 radical (unpaired) electrons. The average Bonchev–Trinajstić information content (AvgIpc) is 3.12. The van der Waals surface area contributed by atoms with Gasteiger partial charge in [-0.2, -0.15) is 0 Å². The summed E-state index contributed by atoms with van der Waals surface area (Å²) in [5.41, 5.74) is 0.0975. The number of hydrogen-bond donors (Lipinski definition) is 3. The number of nitrogens with zero attached hydrogens (tertiary/aromatic N) is 3. The van der Waals surface area contributed by atoms with Crippen LogP contribution in [0.4, 0.5) is 4.39 Å². The van der Waals surface area contributed by atoms with Crippen molar-refractivity contribution in [2.45, 2.75) is 45.1 Å². The number of amides is 1. The summed E-state index contributed by atoms with van der Waals surface area (Å²) in [6.45, 7) is 5.69. The molecule has 2 atom stereocenters. The number of aromatic nitrogens is 3. The molecule has 2 aromatic rings. The first kappa shape index (κ1) is 25.5. The number of rotatable bonds is 8. The minimum atomic E-state index is -3.62. The Labute approximate surface area is 197 Å². The van der Waals surface area contributed by atoms with Crippen LogP contribution in [-0.4, -0.2) is 69.7 Å². The molecule has 1 saturated heterocycles. The van der Waals surface area contributed by atoms with Gasteiger partial charge in [-0.25, -0.2) is 27.1 Å². The van der Waals surface area contributed by atoms with Gasteiger partial charge in [-0.15, -0.1) is 0 Å². The van der Waals surface area contributed by atoms with E-state index in [0.29, 0.717) is 30.2 Å². The van der Waals surface area contributed by atoms with Gasteiger partial charge in [-0.3, -0.25) is 4.79 Å². The van der Waals surface area contributed by atoms with E-state index in [2.05, 4.69) is 20.3 Å². The van der Waals surface area contributed by atoms with E-state index < -0.39 is 27.3 Å². The fraction of sp³-hybridized carbons (Fsp3) is 0.571. The summed E-state index contributed by atoms with van der Waals surface area (Å²) in [5, 5.41) is 12.5. The molecule has 12 heteroatoms. The molecular formula is C21H29ClFN5O4S. The second-order valence-corrected chi connectivity index (χ2v) is 11.5. The normalized spacial score (nSPS) is 20.1. The van der Waals surface area contributed by atoms with Gasteiger partial charge in [0.15, 0.2) is 11.0 Å². The molecule has 3 N–H and O–H groups in total. The lowest BCUT2D eigenvalue weighted by Crippen LogP contribution is -2.44. The van der Waals surface area contributed by atoms with Crippen LogP contribution in [0.1, 0.15) is 45.2 Å². The monoisotopic (exact) mass is 501 g/mol. The molecule has 2 aromatic heterocycles. The van der Waals surface area contributed by atoms with Gasteiger partial charge in [0.05, 0.1) is 23.2 Å². The third-order valence-electron chi connectivity index (χ3n) is 5.59. The zero-order valence-corrected chi connectivity index (χ0v) is 20.4. The fourth-order valence-electron chi connectivity index (χ4n) is 3.79. The van der Waals surface area contributed by atoms with Gasteiger partial charge in [-0.1, -0.05) is 18.5 Å². The molecule has 3 rings (SSSR count). The van der Waals surface area contributed by atoms with Crippen molar-refractivity contribution in [2.75, 3.05) is 25.4 Å². The lowest BCUT2D eigenvalue weighted by atomic mass is 9.86. The largest absolute Gasteiger partial charge is 0.389 e. The predicted octanol–water partition coefficient (Wildman–Crippen LogP) is 2.30. The predicted molar refractivity (Wildman–Crippen MR) is 123 cm³/mol. The third-order valence-corrected chi connectivity index (χ3v) is 7.72. The van der Waals surface area contributed by atoms with Crippen LogP contribution in [0, 0.1) is 11.7 Å². The van der Waals surface area contributed by atoms with Crippen LogP contribution in [0.25, 0.3) is 11.5 Å². The number of H-pyrrole nitrogens is 1. The number of nitrogens with one attached hydrogen (secondary N) is 2. The molecule has 1 amide bonds. The minimum absolute atomic E-state index is 0.0410. The first-order valence-electron chi connectivity index (χ1n) is 10.7. The maximum atomic E-state index is 13.1. The molecule has 1 aliphatic rings. The molecule has 0 aliphatic carbocycles. The lowest BCUT2D eigenvalue weighted by Gasteiger charge is -2.35. The van der Waals surface area contributed by atoms with Crippen LogP contribution in [0.15, 0.2) is 18.3 Å². The number of imidazole rings is 1. The van der Waals surface area contributed by atoms with Crippen molar-refractivity contribution in [3.63, 3.8) is 0 Å². The van der Waals surface area contributed by atoms with Gasteiger partial charge in [0, 0.05) is 32.0 Å². The van der Waals surface area contributed by atoms with Crippen molar-refractivity contribution in [1.29, 1.82) is 0 Å². The number of carbonyl (C=O) groups excluding carboxylic acids is 1. The summed E-state index contributed by atoms with van der Waals surface area (Å²) < 4.78 is 40.1. The van der Waals surface area contributed by atoms with Gasteiger partial charge in [0.1, 0.15) is 11.5 Å². The average molecular weight is 502 g/mol. The van der Waals surface area contributed by atoms with E-state index in [1.54, 1.807) is 13.8 Å². The van der Waals surface area contributed by atoms with Gasteiger partial charge >= 0.3 is 0 Å². The van der Waals surface area contributed by atoms with E-state index in [9.17, 15) is 22.7 Å². The first-order valence-corrected chi connectivity index (χ1v) is 12.7. The van der Waals surface area contributed by atoms with Gasteiger partial charge in [0.25, 0.3) is 0 Å². The molecule has 33 heavy (non-hydrogen) atoms. The van der Waals surface area contributed by atoms with E-state index in [0.717, 1.165) is 6.20 Å². The molecule has 0 aromatic carbocycles. The first-order chi connectivity index (χ1) is 15.4. The van der Waals surface area contributed by atoms with E-state index in [4.69, 9.17) is 11.6 Å². The SMILES string of the molecule is C[C@H]1CN(S(=O)(=O)CCC(=O)NCC(C)(C)O)CC[C@H]1c1[nH]c(-c2ccc(F)cn2)nc1Cl. The highest BCUT2D eigenvalue weighted by Crippen LogP contribution is 2.37. The summed E-state index contributed by atoms with van der Waals surface area (Å²) in [6, 6.07) is 2.79. The van der Waals surface area contributed by atoms with Crippen molar-refractivity contribution in [3.05, 3.63) is 35.0 Å². The molecular weight excluding hydrogens is 473 g/mol. The Kier molecular flexibility index (Phi) is 7.77. The molecule has 0 spiro atoms. The number of aromatic amines is 1. The Morgan fingerprint density at radius 3 is 2.76 bits per heavy atom. The third kappa shape index (κ3) is 6.72. The Morgan fingerprint density at radius 1 is 1.42 bits per heavy atom. The molecule has 182 valence electrons. The molecule has 0 bridgehead atoms. The second-order valence-electron chi connectivity index (χ2n) is 9.04. The number of aliphatic hydroxyl groups is 1. The Balaban J connectivity index is 1.61. The molecule has 0 saturated carbocycles. The van der Waals surface area contributed by atoms with Crippen molar-refractivity contribution in [1.82, 2.24) is 24.6 Å². The van der Waals surface area contributed by atoms with E-state index >= 15 is 0 Å². The molecule has 1 aliphatic heterocycles. The molecule has 9 nitrogen and oxygen atoms in total. The minimum Gasteiger partial charge on any atom is -0.389 e. The smallest absolute Gasteiger partial charge is 0.221 e. The lowest BCUT2D eigenvalue weighted by molar-refractivity contribution is -0.121. The summed E-state index contributed by atoms with van der Waals surface area (Å²) in [5.74, 6) is -0.837. The van der Waals surface area contributed by atoms with E-state index in [1.807, 2.05) is 6.92 Å². The van der Waals surface area contributed by atoms with Gasteiger partial charge < -0.3 is 15.4 Å². The quantitative estimate of drug-likeness (QED) is 0.509. The van der Waals surface area contributed by atoms with Crippen LogP contribution in [0.3, 0.4) is 0 Å². The number of piperidine rings is 1. The van der Waals surface area contributed by atoms with Crippen LogP contribution in [0.2, 0.25) is 5.15 Å². The van der Waals surface area contributed by atoms with Crippen molar-refractivity contribution in [2.24, 2.45) is 5.92 Å². The highest BCUT2D eigenvalue weighted by Gasteiger charge is 2.35. The van der Waals surface area contributed by atoms with Crippen molar-refractivity contribution >= 4 is 27.5 Å². The standard InChI is InChI=1S/C21H29ClFN5O4S/c1-13-11-28(33(31,32)9-7-17(29)25-12-21(2,3)30)8-6-15(13)18-19(22)27-20(26-18)16-5-4-14(23)10-24-16/h4-5,10,13,15,30H,6-9,11-12H2,1-3H3,(H,25,29)(H,26,27)/t13-,15+/m0/s1. The maximum absolute atomic E-state index is 13.1. The maximum Gasteiger partial charge on any atom is 0.221 e. The Morgan fingerprint density at radius 2 is 2.15 bits per heavy atom. The highest BCUT2D eigenvalue weighted by molar-refractivity contribution is 7.89. The van der Waals surface area contributed by atoms with Crippen LogP contribution in [-0.2, 0) is 14.8 Å². The van der Waals surface area contributed by atoms with E-state index in [-0.39, 0.29) is 42.3 Å². The summed E-state index contributed by atoms with van der Waals surface area (Å²) in [6.07, 6.45) is 1.46. The number of carbonyl (C=O) groups is 1. The fourth-order valence-corrected chi connectivity index (χ4v) is 5.61. The van der Waals surface area contributed by atoms with Crippen LogP contribution >= 0.6 is 11.6 Å². The second kappa shape index (κ2) is 10.0. The zero-order valence-electron chi connectivity index (χ0n) is 18.8. The molecule has 0 unspecified atom stereocenters. The Bertz CT molecular complexity index is 1090.